The fourth-order valence-electron chi connectivity index (χ4n) is 1.79. The van der Waals surface area contributed by atoms with Crippen LogP contribution in [-0.4, -0.2) is 36.4 Å². The highest BCUT2D eigenvalue weighted by molar-refractivity contribution is 7.99. The van der Waals surface area contributed by atoms with Crippen molar-refractivity contribution in [3.05, 3.63) is 0 Å². The van der Waals surface area contributed by atoms with E-state index < -0.39 is 0 Å². The van der Waals surface area contributed by atoms with E-state index in [0.717, 1.165) is 11.7 Å². The SMILES string of the molecule is COCC(O)CSCC1CCCC1. The maximum absolute atomic E-state index is 9.38. The molecule has 1 saturated carbocycles. The fourth-order valence-corrected chi connectivity index (χ4v) is 2.96. The number of rotatable bonds is 6. The molecule has 1 N–H and O–H groups in total. The van der Waals surface area contributed by atoms with Gasteiger partial charge in [0.05, 0.1) is 12.7 Å². The standard InChI is InChI=1S/C10H20O2S/c1-12-6-10(11)8-13-7-9-4-2-3-5-9/h9-11H,2-8H2,1H3. The molecule has 1 fully saturated rings. The van der Waals surface area contributed by atoms with E-state index in [-0.39, 0.29) is 6.10 Å². The predicted molar refractivity (Wildman–Crippen MR) is 57.2 cm³/mol. The highest BCUT2D eigenvalue weighted by Crippen LogP contribution is 2.27. The Morgan fingerprint density at radius 3 is 2.77 bits per heavy atom. The minimum Gasteiger partial charge on any atom is -0.390 e. The van der Waals surface area contributed by atoms with Crippen molar-refractivity contribution in [2.75, 3.05) is 25.2 Å². The zero-order chi connectivity index (χ0) is 9.52. The molecule has 1 rings (SSSR count). The first-order valence-electron chi connectivity index (χ1n) is 5.07. The highest BCUT2D eigenvalue weighted by atomic mass is 32.2. The van der Waals surface area contributed by atoms with Gasteiger partial charge >= 0.3 is 0 Å². The number of ether oxygens (including phenoxy) is 1. The summed E-state index contributed by atoms with van der Waals surface area (Å²) in [5.41, 5.74) is 0. The Morgan fingerprint density at radius 2 is 2.15 bits per heavy atom. The van der Waals surface area contributed by atoms with Crippen molar-refractivity contribution in [3.63, 3.8) is 0 Å². The van der Waals surface area contributed by atoms with Crippen LogP contribution in [0.5, 0.6) is 0 Å². The second-order valence-electron chi connectivity index (χ2n) is 3.80. The topological polar surface area (TPSA) is 29.5 Å². The van der Waals surface area contributed by atoms with Crippen LogP contribution in [0.3, 0.4) is 0 Å². The second-order valence-corrected chi connectivity index (χ2v) is 4.87. The van der Waals surface area contributed by atoms with Crippen LogP contribution >= 0.6 is 11.8 Å². The Balaban J connectivity index is 1.93. The lowest BCUT2D eigenvalue weighted by atomic mass is 10.1. The van der Waals surface area contributed by atoms with Crippen LogP contribution in [0.25, 0.3) is 0 Å². The van der Waals surface area contributed by atoms with Crippen molar-refractivity contribution in [3.8, 4) is 0 Å². The molecule has 0 amide bonds. The molecule has 0 spiro atoms. The van der Waals surface area contributed by atoms with Gasteiger partial charge in [-0.3, -0.25) is 0 Å². The molecule has 13 heavy (non-hydrogen) atoms. The van der Waals surface area contributed by atoms with Gasteiger partial charge in [0.2, 0.25) is 0 Å². The van der Waals surface area contributed by atoms with Gasteiger partial charge in [0.1, 0.15) is 0 Å². The lowest BCUT2D eigenvalue weighted by Crippen LogP contribution is -2.17. The number of aliphatic hydroxyl groups excluding tert-OH is 1. The third kappa shape index (κ3) is 4.89. The number of aliphatic hydroxyl groups is 1. The van der Waals surface area contributed by atoms with Gasteiger partial charge in [-0.2, -0.15) is 11.8 Å². The van der Waals surface area contributed by atoms with Crippen LogP contribution in [0.15, 0.2) is 0 Å². The molecular weight excluding hydrogens is 184 g/mol. The van der Waals surface area contributed by atoms with E-state index in [9.17, 15) is 5.11 Å². The van der Waals surface area contributed by atoms with Gasteiger partial charge in [-0.15, -0.1) is 0 Å². The molecule has 78 valence electrons. The van der Waals surface area contributed by atoms with Crippen molar-refractivity contribution in [1.29, 1.82) is 0 Å². The van der Waals surface area contributed by atoms with Crippen molar-refractivity contribution >= 4 is 11.8 Å². The summed E-state index contributed by atoms with van der Waals surface area (Å²) in [6.45, 7) is 0.470. The normalized spacial score (nSPS) is 20.8. The van der Waals surface area contributed by atoms with Gasteiger partial charge < -0.3 is 9.84 Å². The minimum atomic E-state index is -0.281. The molecule has 0 saturated heterocycles. The monoisotopic (exact) mass is 204 g/mol. The lowest BCUT2D eigenvalue weighted by Gasteiger charge is -2.11. The van der Waals surface area contributed by atoms with E-state index in [1.807, 2.05) is 11.8 Å². The van der Waals surface area contributed by atoms with Crippen molar-refractivity contribution in [2.24, 2.45) is 5.92 Å². The highest BCUT2D eigenvalue weighted by Gasteiger charge is 2.15. The van der Waals surface area contributed by atoms with Crippen molar-refractivity contribution in [1.82, 2.24) is 0 Å². The van der Waals surface area contributed by atoms with E-state index in [1.165, 1.54) is 31.4 Å². The molecule has 0 aromatic heterocycles. The van der Waals surface area contributed by atoms with Gasteiger partial charge in [0.25, 0.3) is 0 Å². The Labute approximate surface area is 85.0 Å². The molecule has 3 heteroatoms. The molecule has 1 unspecified atom stereocenters. The van der Waals surface area contributed by atoms with Crippen LogP contribution in [0.1, 0.15) is 25.7 Å². The lowest BCUT2D eigenvalue weighted by molar-refractivity contribution is 0.0794. The number of hydrogen-bond donors (Lipinski definition) is 1. The van der Waals surface area contributed by atoms with Crippen LogP contribution in [0.2, 0.25) is 0 Å². The van der Waals surface area contributed by atoms with E-state index >= 15 is 0 Å². The molecule has 0 aliphatic heterocycles. The predicted octanol–water partition coefficient (Wildman–Crippen LogP) is 1.92. The van der Waals surface area contributed by atoms with Gasteiger partial charge in [0.15, 0.2) is 0 Å². The zero-order valence-corrected chi connectivity index (χ0v) is 9.18. The number of hydrogen-bond acceptors (Lipinski definition) is 3. The largest absolute Gasteiger partial charge is 0.390 e. The molecule has 1 atom stereocenters. The molecule has 0 radical (unpaired) electrons. The van der Waals surface area contributed by atoms with Crippen LogP contribution in [0, 0.1) is 5.92 Å². The fraction of sp³-hybridized carbons (Fsp3) is 1.00. The quantitative estimate of drug-likeness (QED) is 0.717. The maximum atomic E-state index is 9.38. The summed E-state index contributed by atoms with van der Waals surface area (Å²) < 4.78 is 4.86. The summed E-state index contributed by atoms with van der Waals surface area (Å²) in [7, 11) is 1.63. The number of methoxy groups -OCH3 is 1. The van der Waals surface area contributed by atoms with E-state index in [0.29, 0.717) is 6.61 Å². The summed E-state index contributed by atoms with van der Waals surface area (Å²) in [5, 5.41) is 9.38. The average Bonchev–Trinajstić information content (AvgIpc) is 2.57. The Kier molecular flexibility index (Phi) is 5.83. The minimum absolute atomic E-state index is 0.281. The Hall–Kier alpha value is 0.270. The maximum Gasteiger partial charge on any atom is 0.0863 e. The second kappa shape index (κ2) is 6.68. The van der Waals surface area contributed by atoms with Gasteiger partial charge in [0, 0.05) is 12.9 Å². The summed E-state index contributed by atoms with van der Waals surface area (Å²) in [6, 6.07) is 0. The summed E-state index contributed by atoms with van der Waals surface area (Å²) in [6.07, 6.45) is 5.33. The van der Waals surface area contributed by atoms with Crippen LogP contribution in [0.4, 0.5) is 0 Å². The van der Waals surface area contributed by atoms with E-state index in [1.54, 1.807) is 7.11 Å². The first kappa shape index (κ1) is 11.3. The van der Waals surface area contributed by atoms with Gasteiger partial charge in [-0.1, -0.05) is 12.8 Å². The van der Waals surface area contributed by atoms with Gasteiger partial charge in [-0.05, 0) is 24.5 Å². The number of thioether (sulfide) groups is 1. The summed E-state index contributed by atoms with van der Waals surface area (Å²) in [4.78, 5) is 0. The summed E-state index contributed by atoms with van der Waals surface area (Å²) in [5.74, 6) is 2.96. The smallest absolute Gasteiger partial charge is 0.0863 e. The van der Waals surface area contributed by atoms with Crippen molar-refractivity contribution < 1.29 is 9.84 Å². The van der Waals surface area contributed by atoms with Gasteiger partial charge in [-0.25, -0.2) is 0 Å². The van der Waals surface area contributed by atoms with E-state index in [4.69, 9.17) is 4.74 Å². The van der Waals surface area contributed by atoms with Crippen LogP contribution < -0.4 is 0 Å². The molecular formula is C10H20O2S. The molecule has 0 aromatic rings. The Bertz CT molecular complexity index is 124. The third-order valence-electron chi connectivity index (χ3n) is 2.50. The average molecular weight is 204 g/mol. The molecule has 0 bridgehead atoms. The van der Waals surface area contributed by atoms with E-state index in [2.05, 4.69) is 0 Å². The molecule has 0 heterocycles. The van der Waals surface area contributed by atoms with Crippen molar-refractivity contribution in [2.45, 2.75) is 31.8 Å². The Morgan fingerprint density at radius 1 is 1.46 bits per heavy atom. The van der Waals surface area contributed by atoms with Crippen LogP contribution in [-0.2, 0) is 4.74 Å². The first-order chi connectivity index (χ1) is 6.33. The first-order valence-corrected chi connectivity index (χ1v) is 6.23. The summed E-state index contributed by atoms with van der Waals surface area (Å²) >= 11 is 1.87. The molecule has 1 aliphatic carbocycles. The third-order valence-corrected chi connectivity index (χ3v) is 3.83. The zero-order valence-electron chi connectivity index (χ0n) is 8.37. The molecule has 2 nitrogen and oxygen atoms in total. The molecule has 1 aliphatic rings. The molecule has 0 aromatic carbocycles.